The van der Waals surface area contributed by atoms with Crippen molar-refractivity contribution in [3.63, 3.8) is 0 Å². The van der Waals surface area contributed by atoms with Crippen molar-refractivity contribution in [2.24, 2.45) is 5.92 Å². The van der Waals surface area contributed by atoms with Gasteiger partial charge >= 0.3 is 5.97 Å². The summed E-state index contributed by atoms with van der Waals surface area (Å²) in [4.78, 5) is 11.8. The van der Waals surface area contributed by atoms with Gasteiger partial charge in [-0.1, -0.05) is 91.0 Å². The predicted octanol–water partition coefficient (Wildman–Crippen LogP) is 7.75. The van der Waals surface area contributed by atoms with Crippen LogP contribution >= 0.6 is 0 Å². The van der Waals surface area contributed by atoms with E-state index in [1.807, 2.05) is 12.1 Å². The van der Waals surface area contributed by atoms with E-state index in [2.05, 4.69) is 27.7 Å². The quantitative estimate of drug-likeness (QED) is 0.319. The lowest BCUT2D eigenvalue weighted by Crippen LogP contribution is -2.11. The van der Waals surface area contributed by atoms with E-state index in [-0.39, 0.29) is 0 Å². The number of carboxylic acid groups (broad SMARTS) is 1. The first kappa shape index (κ1) is 23.7. The Morgan fingerprint density at radius 1 is 0.889 bits per heavy atom. The molecule has 154 valence electrons. The first-order valence-corrected chi connectivity index (χ1v) is 11.4. The molecule has 0 aliphatic carbocycles. The van der Waals surface area contributed by atoms with Crippen molar-refractivity contribution in [2.75, 3.05) is 0 Å². The third kappa shape index (κ3) is 8.95. The lowest BCUT2D eigenvalue weighted by atomic mass is 9.86. The summed E-state index contributed by atoms with van der Waals surface area (Å²) in [7, 11) is 0. The molecular formula is C25H42O2. The van der Waals surface area contributed by atoms with Crippen LogP contribution in [0, 0.1) is 12.8 Å². The van der Waals surface area contributed by atoms with E-state index in [0.717, 1.165) is 24.8 Å². The molecule has 0 saturated carbocycles. The molecule has 0 bridgehead atoms. The number of unbranched alkanes of at least 4 members (excludes halogenated alkanes) is 8. The Kier molecular flexibility index (Phi) is 12.1. The van der Waals surface area contributed by atoms with Gasteiger partial charge in [0.25, 0.3) is 0 Å². The van der Waals surface area contributed by atoms with Gasteiger partial charge in [0.2, 0.25) is 0 Å². The molecule has 0 aliphatic heterocycles. The molecular weight excluding hydrogens is 332 g/mol. The molecule has 27 heavy (non-hydrogen) atoms. The van der Waals surface area contributed by atoms with Crippen LogP contribution in [0.1, 0.15) is 118 Å². The third-order valence-electron chi connectivity index (χ3n) is 5.78. The summed E-state index contributed by atoms with van der Waals surface area (Å²) in [5.41, 5.74) is 4.21. The average Bonchev–Trinajstić information content (AvgIpc) is 2.63. The molecule has 0 aliphatic rings. The summed E-state index contributed by atoms with van der Waals surface area (Å²) >= 11 is 0. The molecule has 1 rings (SSSR count). The highest BCUT2D eigenvalue weighted by molar-refractivity contribution is 5.90. The first-order chi connectivity index (χ1) is 13.0. The summed E-state index contributed by atoms with van der Waals surface area (Å²) in [5.74, 6) is -0.154. The largest absolute Gasteiger partial charge is 0.478 e. The van der Waals surface area contributed by atoms with Gasteiger partial charge in [-0.05, 0) is 54.9 Å². The van der Waals surface area contributed by atoms with E-state index in [9.17, 15) is 9.90 Å². The first-order valence-electron chi connectivity index (χ1n) is 11.4. The number of aromatic carboxylic acids is 1. The van der Waals surface area contributed by atoms with Crippen LogP contribution < -0.4 is 0 Å². The Labute approximate surface area is 167 Å². The van der Waals surface area contributed by atoms with Gasteiger partial charge in [0.1, 0.15) is 0 Å². The van der Waals surface area contributed by atoms with Crippen LogP contribution in [0.25, 0.3) is 0 Å². The Morgan fingerprint density at radius 2 is 1.48 bits per heavy atom. The molecule has 0 amide bonds. The lowest BCUT2D eigenvalue weighted by molar-refractivity contribution is 0.0695. The molecule has 0 fully saturated rings. The van der Waals surface area contributed by atoms with E-state index < -0.39 is 5.97 Å². The second-order valence-corrected chi connectivity index (χ2v) is 8.37. The van der Waals surface area contributed by atoms with Crippen LogP contribution in [0.2, 0.25) is 0 Å². The van der Waals surface area contributed by atoms with Crippen LogP contribution in [0.4, 0.5) is 0 Å². The second-order valence-electron chi connectivity index (χ2n) is 8.37. The molecule has 0 radical (unpaired) electrons. The molecule has 1 aromatic rings. The van der Waals surface area contributed by atoms with Crippen LogP contribution in [-0.4, -0.2) is 11.1 Å². The van der Waals surface area contributed by atoms with Crippen molar-refractivity contribution in [1.29, 1.82) is 0 Å². The zero-order valence-corrected chi connectivity index (χ0v) is 18.3. The summed E-state index contributed by atoms with van der Waals surface area (Å²) in [6.07, 6.45) is 15.9. The maximum Gasteiger partial charge on any atom is 0.335 e. The van der Waals surface area contributed by atoms with Crippen molar-refractivity contribution in [3.8, 4) is 0 Å². The van der Waals surface area contributed by atoms with Crippen LogP contribution in [0.5, 0.6) is 0 Å². The fourth-order valence-corrected chi connectivity index (χ4v) is 4.03. The van der Waals surface area contributed by atoms with Crippen molar-refractivity contribution >= 4 is 5.97 Å². The zero-order chi connectivity index (χ0) is 20.1. The highest BCUT2D eigenvalue weighted by atomic mass is 16.4. The Morgan fingerprint density at radius 3 is 2.11 bits per heavy atom. The van der Waals surface area contributed by atoms with Crippen LogP contribution in [0.15, 0.2) is 12.1 Å². The van der Waals surface area contributed by atoms with Crippen LogP contribution in [-0.2, 0) is 12.8 Å². The minimum atomic E-state index is -0.773. The van der Waals surface area contributed by atoms with Gasteiger partial charge in [-0.3, -0.25) is 0 Å². The number of rotatable bonds is 15. The summed E-state index contributed by atoms with van der Waals surface area (Å²) in [5, 5.41) is 9.66. The molecule has 1 unspecified atom stereocenters. The molecule has 2 heteroatoms. The van der Waals surface area contributed by atoms with Crippen molar-refractivity contribution in [3.05, 3.63) is 34.4 Å². The molecule has 1 atom stereocenters. The van der Waals surface area contributed by atoms with Gasteiger partial charge in [-0.25, -0.2) is 4.79 Å². The second kappa shape index (κ2) is 13.8. The average molecular weight is 375 g/mol. The normalized spacial score (nSPS) is 12.3. The fraction of sp³-hybridized carbons (Fsp3) is 0.720. The number of carbonyl (C=O) groups is 1. The molecule has 0 aromatic heterocycles. The third-order valence-corrected chi connectivity index (χ3v) is 5.78. The lowest BCUT2D eigenvalue weighted by Gasteiger charge is -2.19. The smallest absolute Gasteiger partial charge is 0.335 e. The molecule has 1 aromatic carbocycles. The predicted molar refractivity (Wildman–Crippen MR) is 117 cm³/mol. The van der Waals surface area contributed by atoms with E-state index in [1.54, 1.807) is 0 Å². The SMILES string of the molecule is CCCCCCCCC(C)Cc1c(C)ccc(C(=O)O)c1CCCCCC. The standard InChI is InChI=1S/C25H42O2/c1-5-7-9-11-12-13-15-20(3)19-24-21(4)17-18-23(25(26)27)22(24)16-14-10-8-6-2/h17-18,20H,5-16,19H2,1-4H3,(H,26,27). The summed E-state index contributed by atoms with van der Waals surface area (Å²) in [6, 6.07) is 3.82. The zero-order valence-electron chi connectivity index (χ0n) is 18.3. The maximum absolute atomic E-state index is 11.8. The van der Waals surface area contributed by atoms with E-state index in [4.69, 9.17) is 0 Å². The van der Waals surface area contributed by atoms with Gasteiger partial charge in [0.15, 0.2) is 0 Å². The summed E-state index contributed by atoms with van der Waals surface area (Å²) < 4.78 is 0. The topological polar surface area (TPSA) is 37.3 Å². The van der Waals surface area contributed by atoms with E-state index in [0.29, 0.717) is 11.5 Å². The van der Waals surface area contributed by atoms with Crippen molar-refractivity contribution in [1.82, 2.24) is 0 Å². The van der Waals surface area contributed by atoms with Gasteiger partial charge in [0, 0.05) is 0 Å². The molecule has 1 N–H and O–H groups in total. The molecule has 0 spiro atoms. The van der Waals surface area contributed by atoms with E-state index >= 15 is 0 Å². The molecule has 2 nitrogen and oxygen atoms in total. The molecule has 0 saturated heterocycles. The highest BCUT2D eigenvalue weighted by Crippen LogP contribution is 2.26. The summed E-state index contributed by atoms with van der Waals surface area (Å²) in [6.45, 7) is 8.95. The number of carboxylic acids is 1. The minimum Gasteiger partial charge on any atom is -0.478 e. The number of aryl methyl sites for hydroxylation is 1. The number of benzene rings is 1. The van der Waals surface area contributed by atoms with Gasteiger partial charge in [0.05, 0.1) is 5.56 Å². The van der Waals surface area contributed by atoms with Crippen molar-refractivity contribution < 1.29 is 9.90 Å². The Hall–Kier alpha value is -1.31. The van der Waals surface area contributed by atoms with Crippen LogP contribution in [0.3, 0.4) is 0 Å². The fourth-order valence-electron chi connectivity index (χ4n) is 4.03. The Bertz CT molecular complexity index is 548. The van der Waals surface area contributed by atoms with Gasteiger partial charge < -0.3 is 5.11 Å². The number of hydrogen-bond acceptors (Lipinski definition) is 1. The monoisotopic (exact) mass is 374 g/mol. The minimum absolute atomic E-state index is 0.527. The maximum atomic E-state index is 11.8. The van der Waals surface area contributed by atoms with Gasteiger partial charge in [-0.2, -0.15) is 0 Å². The molecule has 0 heterocycles. The number of hydrogen-bond donors (Lipinski definition) is 1. The highest BCUT2D eigenvalue weighted by Gasteiger charge is 2.17. The Balaban J connectivity index is 2.72. The van der Waals surface area contributed by atoms with E-state index in [1.165, 1.54) is 75.3 Å². The van der Waals surface area contributed by atoms with Gasteiger partial charge in [-0.15, -0.1) is 0 Å². The van der Waals surface area contributed by atoms with Crippen molar-refractivity contribution in [2.45, 2.75) is 111 Å².